The fourth-order valence-electron chi connectivity index (χ4n) is 2.45. The third-order valence-corrected chi connectivity index (χ3v) is 6.86. The van der Waals surface area contributed by atoms with Gasteiger partial charge in [0.1, 0.15) is 10.3 Å². The lowest BCUT2D eigenvalue weighted by Crippen LogP contribution is -2.52. The zero-order chi connectivity index (χ0) is 16.3. The topological polar surface area (TPSA) is 66.5 Å². The summed E-state index contributed by atoms with van der Waals surface area (Å²) in [5.74, 6) is -0.263. The van der Waals surface area contributed by atoms with E-state index in [0.717, 1.165) is 30.6 Å². The van der Waals surface area contributed by atoms with Gasteiger partial charge in [-0.15, -0.1) is 11.3 Å². The van der Waals surface area contributed by atoms with E-state index in [4.69, 9.17) is 11.6 Å². The number of nitrogens with one attached hydrogen (secondary N) is 1. The summed E-state index contributed by atoms with van der Waals surface area (Å²) in [7, 11) is -3.73. The van der Waals surface area contributed by atoms with Gasteiger partial charge in [-0.05, 0) is 37.3 Å². The first-order valence-electron chi connectivity index (χ1n) is 7.38. The number of thiophene rings is 1. The van der Waals surface area contributed by atoms with Crippen LogP contribution in [0.15, 0.2) is 16.3 Å². The SMILES string of the molecule is CC(C)[C@H](NS(=O)(=O)c1ccc(Cl)s1)C(=O)N1CCCCC1. The van der Waals surface area contributed by atoms with Crippen molar-refractivity contribution in [2.24, 2.45) is 5.92 Å². The molecular weight excluding hydrogens is 344 g/mol. The molecule has 0 aliphatic carbocycles. The number of sulfonamides is 1. The van der Waals surface area contributed by atoms with Gasteiger partial charge >= 0.3 is 0 Å². The van der Waals surface area contributed by atoms with Crippen LogP contribution in [0.2, 0.25) is 4.34 Å². The predicted octanol–water partition coefficient (Wildman–Crippen LogP) is 2.72. The summed E-state index contributed by atoms with van der Waals surface area (Å²) in [5, 5.41) is 0. The number of halogens is 1. The van der Waals surface area contributed by atoms with Crippen LogP contribution in [0.5, 0.6) is 0 Å². The highest BCUT2D eigenvalue weighted by Crippen LogP contribution is 2.26. The molecule has 1 amide bonds. The van der Waals surface area contributed by atoms with E-state index in [-0.39, 0.29) is 16.0 Å². The van der Waals surface area contributed by atoms with E-state index < -0.39 is 16.1 Å². The van der Waals surface area contributed by atoms with Crippen molar-refractivity contribution in [3.8, 4) is 0 Å². The number of piperidine rings is 1. The molecule has 1 saturated heterocycles. The monoisotopic (exact) mass is 364 g/mol. The molecule has 1 N–H and O–H groups in total. The highest BCUT2D eigenvalue weighted by atomic mass is 35.5. The largest absolute Gasteiger partial charge is 0.341 e. The van der Waals surface area contributed by atoms with Crippen molar-refractivity contribution in [2.75, 3.05) is 13.1 Å². The minimum Gasteiger partial charge on any atom is -0.341 e. The van der Waals surface area contributed by atoms with Gasteiger partial charge < -0.3 is 4.90 Å². The third kappa shape index (κ3) is 4.22. The molecule has 1 aliphatic heterocycles. The summed E-state index contributed by atoms with van der Waals surface area (Å²) in [5.41, 5.74) is 0. The van der Waals surface area contributed by atoms with E-state index in [1.54, 1.807) is 4.90 Å². The van der Waals surface area contributed by atoms with Gasteiger partial charge in [-0.3, -0.25) is 4.79 Å². The zero-order valence-electron chi connectivity index (χ0n) is 12.7. The maximum absolute atomic E-state index is 12.6. The van der Waals surface area contributed by atoms with Crippen molar-refractivity contribution in [1.29, 1.82) is 0 Å². The molecule has 5 nitrogen and oxygen atoms in total. The van der Waals surface area contributed by atoms with Crippen LogP contribution in [0.25, 0.3) is 0 Å². The normalized spacial score (nSPS) is 17.7. The van der Waals surface area contributed by atoms with E-state index >= 15 is 0 Å². The maximum atomic E-state index is 12.6. The zero-order valence-corrected chi connectivity index (χ0v) is 15.1. The molecule has 2 heterocycles. The lowest BCUT2D eigenvalue weighted by atomic mass is 10.0. The predicted molar refractivity (Wildman–Crippen MR) is 88.7 cm³/mol. The standard InChI is InChI=1S/C14H21ClN2O3S2/c1-10(2)13(14(18)17-8-4-3-5-9-17)16-22(19,20)12-7-6-11(15)21-12/h6-7,10,13,16H,3-5,8-9H2,1-2H3/t13-/m0/s1. The van der Waals surface area contributed by atoms with Gasteiger partial charge in [0.25, 0.3) is 10.0 Å². The summed E-state index contributed by atoms with van der Waals surface area (Å²) in [6.07, 6.45) is 3.07. The van der Waals surface area contributed by atoms with E-state index in [2.05, 4.69) is 4.72 Å². The summed E-state index contributed by atoms with van der Waals surface area (Å²) in [6, 6.07) is 2.25. The summed E-state index contributed by atoms with van der Waals surface area (Å²) >= 11 is 6.79. The number of amides is 1. The molecule has 0 spiro atoms. The Morgan fingerprint density at radius 3 is 2.41 bits per heavy atom. The molecule has 1 aromatic heterocycles. The fraction of sp³-hybridized carbons (Fsp3) is 0.643. The van der Waals surface area contributed by atoms with Crippen molar-refractivity contribution in [1.82, 2.24) is 9.62 Å². The molecule has 1 fully saturated rings. The number of hydrogen-bond donors (Lipinski definition) is 1. The van der Waals surface area contributed by atoms with Crippen molar-refractivity contribution in [2.45, 2.75) is 43.4 Å². The number of rotatable bonds is 5. The smallest absolute Gasteiger partial charge is 0.250 e. The van der Waals surface area contributed by atoms with Crippen molar-refractivity contribution < 1.29 is 13.2 Å². The Morgan fingerprint density at radius 1 is 1.27 bits per heavy atom. The summed E-state index contributed by atoms with van der Waals surface area (Å²) in [4.78, 5) is 14.4. The Balaban J connectivity index is 2.16. The molecule has 8 heteroatoms. The Labute approximate surface area is 140 Å². The first kappa shape index (κ1) is 17.7. The van der Waals surface area contributed by atoms with Crippen LogP contribution in [0.1, 0.15) is 33.1 Å². The molecule has 0 aromatic carbocycles. The molecule has 124 valence electrons. The maximum Gasteiger partial charge on any atom is 0.250 e. The average molecular weight is 365 g/mol. The van der Waals surface area contributed by atoms with E-state index in [0.29, 0.717) is 17.4 Å². The number of hydrogen-bond acceptors (Lipinski definition) is 4. The Bertz CT molecular complexity index is 622. The minimum absolute atomic E-state index is 0.125. The van der Waals surface area contributed by atoms with Crippen LogP contribution >= 0.6 is 22.9 Å². The summed E-state index contributed by atoms with van der Waals surface area (Å²) < 4.78 is 27.9. The fourth-order valence-corrected chi connectivity index (χ4v) is 5.29. The number of likely N-dealkylation sites (tertiary alicyclic amines) is 1. The first-order chi connectivity index (χ1) is 10.3. The number of nitrogens with zero attached hydrogens (tertiary/aromatic N) is 1. The van der Waals surface area contributed by atoms with Gasteiger partial charge in [0.15, 0.2) is 0 Å². The van der Waals surface area contributed by atoms with E-state index in [9.17, 15) is 13.2 Å². The number of carbonyl (C=O) groups is 1. The minimum atomic E-state index is -3.73. The molecule has 1 atom stereocenters. The highest BCUT2D eigenvalue weighted by molar-refractivity contribution is 7.91. The van der Waals surface area contributed by atoms with E-state index in [1.165, 1.54) is 12.1 Å². The van der Waals surface area contributed by atoms with Crippen LogP contribution in [0.3, 0.4) is 0 Å². The molecule has 0 radical (unpaired) electrons. The van der Waals surface area contributed by atoms with Crippen LogP contribution in [0, 0.1) is 5.92 Å². The molecule has 2 rings (SSSR count). The van der Waals surface area contributed by atoms with Crippen LogP contribution < -0.4 is 4.72 Å². The molecule has 0 unspecified atom stereocenters. The average Bonchev–Trinajstić information content (AvgIpc) is 2.92. The molecule has 1 aliphatic rings. The van der Waals surface area contributed by atoms with Gasteiger partial charge in [-0.1, -0.05) is 25.4 Å². The van der Waals surface area contributed by atoms with Crippen LogP contribution in [-0.2, 0) is 14.8 Å². The summed E-state index contributed by atoms with van der Waals surface area (Å²) in [6.45, 7) is 5.09. The first-order valence-corrected chi connectivity index (χ1v) is 10.1. The second-order valence-corrected chi connectivity index (χ2v) is 9.44. The molecular formula is C14H21ClN2O3S2. The van der Waals surface area contributed by atoms with E-state index in [1.807, 2.05) is 13.8 Å². The van der Waals surface area contributed by atoms with Gasteiger partial charge in [0.05, 0.1) is 4.34 Å². The van der Waals surface area contributed by atoms with Gasteiger partial charge in [0, 0.05) is 13.1 Å². The third-order valence-electron chi connectivity index (χ3n) is 3.70. The molecule has 0 saturated carbocycles. The Kier molecular flexibility index (Phi) is 5.87. The molecule has 0 bridgehead atoms. The van der Waals surface area contributed by atoms with Gasteiger partial charge in [-0.25, -0.2) is 8.42 Å². The van der Waals surface area contributed by atoms with Crippen molar-refractivity contribution in [3.63, 3.8) is 0 Å². The van der Waals surface area contributed by atoms with Crippen LogP contribution in [0.4, 0.5) is 0 Å². The van der Waals surface area contributed by atoms with Gasteiger partial charge in [-0.2, -0.15) is 4.72 Å². The highest BCUT2D eigenvalue weighted by Gasteiger charge is 2.32. The second kappa shape index (κ2) is 7.29. The number of carbonyl (C=O) groups excluding carboxylic acids is 1. The lowest BCUT2D eigenvalue weighted by molar-refractivity contribution is -0.134. The second-order valence-electron chi connectivity index (χ2n) is 5.79. The Morgan fingerprint density at radius 2 is 1.91 bits per heavy atom. The Hall–Kier alpha value is -0.630. The lowest BCUT2D eigenvalue weighted by Gasteiger charge is -2.32. The van der Waals surface area contributed by atoms with Crippen molar-refractivity contribution in [3.05, 3.63) is 16.5 Å². The van der Waals surface area contributed by atoms with Crippen LogP contribution in [-0.4, -0.2) is 38.4 Å². The quantitative estimate of drug-likeness (QED) is 0.873. The molecule has 22 heavy (non-hydrogen) atoms. The molecule has 1 aromatic rings. The van der Waals surface area contributed by atoms with Crippen molar-refractivity contribution >= 4 is 38.9 Å². The van der Waals surface area contributed by atoms with Gasteiger partial charge in [0.2, 0.25) is 5.91 Å².